The summed E-state index contributed by atoms with van der Waals surface area (Å²) in [5.41, 5.74) is 7.36. The Morgan fingerprint density at radius 2 is 1.10 bits per heavy atom. The topological polar surface area (TPSA) is 58.9 Å². The van der Waals surface area contributed by atoms with Crippen LogP contribution in [0.15, 0.2) is 76.7 Å². The number of aliphatic imine (C=N–C) groups is 2. The molecule has 0 atom stereocenters. The number of Topliss-reactive ketones (excluding diaryl/α,β-unsaturated/α-hetero) is 1. The van der Waals surface area contributed by atoms with E-state index in [9.17, 15) is 9.59 Å². The zero-order valence-corrected chi connectivity index (χ0v) is 27.4. The first kappa shape index (κ1) is 33.1. The zero-order chi connectivity index (χ0) is 31.0. The van der Waals surface area contributed by atoms with Gasteiger partial charge in [0.2, 0.25) is 0 Å². The van der Waals surface area contributed by atoms with E-state index in [0.717, 1.165) is 16.7 Å². The summed E-state index contributed by atoms with van der Waals surface area (Å²) in [5.74, 6) is 1.58. The average molecular weight is 652 g/mol. The minimum absolute atomic E-state index is 0.0554. The molecular formula is C37H41N2O2Pd-. The van der Waals surface area contributed by atoms with Gasteiger partial charge in [-0.05, 0) is 46.4 Å². The van der Waals surface area contributed by atoms with Crippen molar-refractivity contribution in [3.05, 3.63) is 112 Å². The van der Waals surface area contributed by atoms with Gasteiger partial charge >= 0.3 is 45.4 Å². The first-order valence-electron chi connectivity index (χ1n) is 14.5. The number of allylic oxidation sites excluding steroid dienone is 2. The van der Waals surface area contributed by atoms with Crippen LogP contribution in [0.2, 0.25) is 0 Å². The maximum absolute atomic E-state index is 13.1. The predicted octanol–water partition coefficient (Wildman–Crippen LogP) is 8.91. The van der Waals surface area contributed by atoms with E-state index in [-0.39, 0.29) is 23.4 Å². The van der Waals surface area contributed by atoms with Crippen LogP contribution in [0.5, 0.6) is 0 Å². The van der Waals surface area contributed by atoms with Crippen molar-refractivity contribution >= 4 is 33.8 Å². The van der Waals surface area contributed by atoms with Gasteiger partial charge in [-0.1, -0.05) is 97.9 Å². The van der Waals surface area contributed by atoms with Gasteiger partial charge in [0.15, 0.2) is 11.6 Å². The summed E-state index contributed by atoms with van der Waals surface area (Å²) >= 11 is 2.82. The van der Waals surface area contributed by atoms with Crippen molar-refractivity contribution in [2.45, 2.75) is 79.1 Å². The third-order valence-corrected chi connectivity index (χ3v) is 7.50. The van der Waals surface area contributed by atoms with Gasteiger partial charge < -0.3 is 0 Å². The summed E-state index contributed by atoms with van der Waals surface area (Å²) in [6.45, 7) is 17.3. The number of benzene rings is 3. The molecule has 1 aliphatic heterocycles. The van der Waals surface area contributed by atoms with E-state index in [1.165, 1.54) is 17.2 Å². The molecule has 3 aromatic carbocycles. The van der Waals surface area contributed by atoms with Crippen LogP contribution < -0.4 is 0 Å². The molecule has 5 heteroatoms. The molecule has 0 saturated heterocycles. The molecule has 0 amide bonds. The second-order valence-electron chi connectivity index (χ2n) is 11.6. The standard InChI is InChI=1S/C22H22O2.C12H17.C3H2N2.Pd/c1-13(2)15-10-7-11-16(14(3)4)21(15)19-12-20(23)17-8-5-6-9-18(17)22(19)24;1-9(2)11-6-5-7-12(8-11)10(3)4;1-2-5-3-4-1;/h5-14H,1-4H3;5-7,9-10H,1-4H3;1-2H;/q;-1;;. The van der Waals surface area contributed by atoms with Gasteiger partial charge in [0.05, 0.1) is 0 Å². The molecule has 0 saturated carbocycles. The third-order valence-electron chi connectivity index (χ3n) is 7.10. The number of fused-ring (bicyclic) bond motifs is 1. The van der Waals surface area contributed by atoms with Gasteiger partial charge in [-0.15, -0.1) is 0 Å². The van der Waals surface area contributed by atoms with Crippen molar-refractivity contribution in [2.24, 2.45) is 9.98 Å². The minimum atomic E-state index is -0.0894. The number of rotatable bonds is 5. The molecule has 3 aromatic rings. The summed E-state index contributed by atoms with van der Waals surface area (Å²) in [4.78, 5) is 33.1. The van der Waals surface area contributed by atoms with Crippen LogP contribution in [-0.2, 0) is 18.7 Å². The second-order valence-corrected chi connectivity index (χ2v) is 12.3. The van der Waals surface area contributed by atoms with Gasteiger partial charge in [-0.2, -0.15) is 35.4 Å². The number of hydrogen-bond acceptors (Lipinski definition) is 4. The first-order chi connectivity index (χ1) is 19.9. The van der Waals surface area contributed by atoms with Crippen LogP contribution >= 0.6 is 0 Å². The number of ketones is 2. The van der Waals surface area contributed by atoms with Crippen molar-refractivity contribution < 1.29 is 28.3 Å². The van der Waals surface area contributed by atoms with Gasteiger partial charge in [0.1, 0.15) is 0 Å². The Kier molecular flexibility index (Phi) is 12.0. The molecule has 5 rings (SSSR count). The van der Waals surface area contributed by atoms with Crippen LogP contribution in [0.3, 0.4) is 0 Å². The Bertz CT molecular complexity index is 1480. The molecule has 0 bridgehead atoms. The van der Waals surface area contributed by atoms with E-state index in [1.807, 2.05) is 12.1 Å². The molecule has 0 unspecified atom stereocenters. The fourth-order valence-corrected chi connectivity index (χ4v) is 4.99. The molecule has 0 radical (unpaired) electrons. The van der Waals surface area contributed by atoms with Gasteiger partial charge in [0.25, 0.3) is 0 Å². The Hall–Kier alpha value is -3.39. The van der Waals surface area contributed by atoms with Gasteiger partial charge in [-0.25, -0.2) is 0 Å². The SMILES string of the molecule is CC(C)c1[c-]c(C(C)C)ccc1.CC(C)c1cccc(C(C)C)c1C1=CC(=O)c2ccccc2C1=O.[Pd]=[C]1N=CC=N1. The fourth-order valence-electron chi connectivity index (χ4n) is 4.76. The zero-order valence-electron chi connectivity index (χ0n) is 25.8. The van der Waals surface area contributed by atoms with Crippen molar-refractivity contribution in [2.75, 3.05) is 0 Å². The van der Waals surface area contributed by atoms with E-state index in [2.05, 4.69) is 121 Å². The summed E-state index contributed by atoms with van der Waals surface area (Å²) in [7, 11) is 0. The Morgan fingerprint density at radius 3 is 1.52 bits per heavy atom. The number of carbonyl (C=O) groups excluding carboxylic acids is 2. The van der Waals surface area contributed by atoms with Crippen LogP contribution in [0.25, 0.3) is 5.57 Å². The first-order valence-corrected chi connectivity index (χ1v) is 15.3. The molecule has 0 spiro atoms. The monoisotopic (exact) mass is 651 g/mol. The summed E-state index contributed by atoms with van der Waals surface area (Å²) in [6, 6.07) is 23.1. The Morgan fingerprint density at radius 1 is 0.619 bits per heavy atom. The number of carbonyl (C=O) groups is 2. The van der Waals surface area contributed by atoms with Crippen molar-refractivity contribution in [3.63, 3.8) is 0 Å². The van der Waals surface area contributed by atoms with Crippen molar-refractivity contribution in [3.8, 4) is 0 Å². The molecule has 4 nitrogen and oxygen atoms in total. The Labute approximate surface area is 262 Å². The van der Waals surface area contributed by atoms with E-state index < -0.39 is 0 Å². The molecule has 42 heavy (non-hydrogen) atoms. The van der Waals surface area contributed by atoms with E-state index >= 15 is 0 Å². The van der Waals surface area contributed by atoms with E-state index in [0.29, 0.717) is 32.8 Å². The van der Waals surface area contributed by atoms with Gasteiger partial charge in [0, 0.05) is 16.7 Å². The second kappa shape index (κ2) is 15.2. The average Bonchev–Trinajstić information content (AvgIpc) is 3.46. The van der Waals surface area contributed by atoms with Crippen LogP contribution in [0, 0.1) is 6.07 Å². The number of hydrogen-bond donors (Lipinski definition) is 0. The molecule has 222 valence electrons. The normalized spacial score (nSPS) is 13.8. The maximum atomic E-state index is 13.1. The van der Waals surface area contributed by atoms with E-state index in [4.69, 9.17) is 0 Å². The van der Waals surface area contributed by atoms with Gasteiger partial charge in [-0.3, -0.25) is 9.59 Å². The fraction of sp³-hybridized carbons (Fsp3) is 0.324. The Balaban J connectivity index is 0.000000221. The molecule has 1 heterocycles. The molecule has 1 aliphatic carbocycles. The van der Waals surface area contributed by atoms with Crippen molar-refractivity contribution in [1.82, 2.24) is 0 Å². The quantitative estimate of drug-likeness (QED) is 0.204. The third kappa shape index (κ3) is 8.34. The van der Waals surface area contributed by atoms with Crippen LogP contribution in [-0.4, -0.2) is 28.2 Å². The molecular weight excluding hydrogens is 611 g/mol. The summed E-state index contributed by atoms with van der Waals surface area (Å²) in [5, 5.41) is 0. The predicted molar refractivity (Wildman–Crippen MR) is 173 cm³/mol. The molecule has 0 N–H and O–H groups in total. The van der Waals surface area contributed by atoms with E-state index in [1.54, 1.807) is 30.6 Å². The molecule has 0 fully saturated rings. The molecule has 0 aromatic heterocycles. The van der Waals surface area contributed by atoms with Crippen LogP contribution in [0.4, 0.5) is 0 Å². The van der Waals surface area contributed by atoms with Crippen LogP contribution in [0.1, 0.15) is 128 Å². The number of nitrogens with zero attached hydrogens (tertiary/aromatic N) is 2. The van der Waals surface area contributed by atoms with Crippen molar-refractivity contribution in [1.29, 1.82) is 0 Å². The summed E-state index contributed by atoms with van der Waals surface area (Å²) < 4.78 is 0.693. The molecule has 2 aliphatic rings. The summed E-state index contributed by atoms with van der Waals surface area (Å²) in [6.07, 6.45) is 4.80.